The number of carbonyl (C=O) groups is 4. The lowest BCUT2D eigenvalue weighted by molar-refractivity contribution is -0.146. The average molecular weight is 967 g/mol. The van der Waals surface area contributed by atoms with E-state index in [0.29, 0.717) is 24.6 Å². The van der Waals surface area contributed by atoms with Crippen LogP contribution in [0.5, 0.6) is 0 Å². The third-order valence-electron chi connectivity index (χ3n) is 13.3. The molecular formula is C60H94N4O6. The number of esters is 2. The van der Waals surface area contributed by atoms with Gasteiger partial charge in [-0.15, -0.1) is 0 Å². The Kier molecular flexibility index (Phi) is 33.0. The molecule has 4 amide bonds. The highest BCUT2D eigenvalue weighted by Crippen LogP contribution is 2.25. The number of ether oxygens (including phenoxy) is 2. The topological polar surface area (TPSA) is 135 Å². The smallest absolute Gasteiger partial charge is 0.329 e. The maximum absolute atomic E-state index is 13.6. The van der Waals surface area contributed by atoms with Crippen LogP contribution in [-0.2, 0) is 31.9 Å². The Balaban J connectivity index is 1.46. The Morgan fingerprint density at radius 2 is 0.686 bits per heavy atom. The summed E-state index contributed by atoms with van der Waals surface area (Å²) in [5, 5.41) is 11.5. The number of rotatable bonds is 40. The Morgan fingerprint density at radius 1 is 0.400 bits per heavy atom. The normalized spacial score (nSPS) is 11.9. The van der Waals surface area contributed by atoms with Crippen molar-refractivity contribution in [1.82, 2.24) is 10.6 Å². The van der Waals surface area contributed by atoms with E-state index < -0.39 is 36.1 Å². The number of urea groups is 2. The van der Waals surface area contributed by atoms with Crippen molar-refractivity contribution in [3.05, 3.63) is 95.1 Å². The molecule has 3 rings (SSSR count). The van der Waals surface area contributed by atoms with Crippen molar-refractivity contribution in [1.29, 1.82) is 0 Å². The minimum Gasteiger partial charge on any atom is -0.464 e. The molecule has 0 radical (unpaired) electrons. The fraction of sp³-hybridized carbons (Fsp3) is 0.633. The van der Waals surface area contributed by atoms with E-state index in [0.717, 1.165) is 60.8 Å². The molecule has 0 aromatic heterocycles. The molecule has 0 aliphatic carbocycles. The van der Waals surface area contributed by atoms with Crippen molar-refractivity contribution >= 4 is 35.4 Å². The minimum atomic E-state index is -0.904. The molecule has 10 nitrogen and oxygen atoms in total. The maximum atomic E-state index is 13.6. The third-order valence-corrected chi connectivity index (χ3v) is 13.3. The van der Waals surface area contributed by atoms with Crippen LogP contribution in [0.1, 0.15) is 216 Å². The summed E-state index contributed by atoms with van der Waals surface area (Å²) in [5.74, 6) is -0.951. The van der Waals surface area contributed by atoms with Crippen LogP contribution in [0.3, 0.4) is 0 Å². The number of amides is 4. The van der Waals surface area contributed by atoms with Crippen molar-refractivity contribution in [2.24, 2.45) is 0 Å². The zero-order valence-electron chi connectivity index (χ0n) is 44.2. The van der Waals surface area contributed by atoms with E-state index in [4.69, 9.17) is 9.47 Å². The van der Waals surface area contributed by atoms with Gasteiger partial charge in [0, 0.05) is 24.2 Å². The molecule has 2 atom stereocenters. The van der Waals surface area contributed by atoms with Crippen LogP contribution in [0.4, 0.5) is 21.0 Å². The van der Waals surface area contributed by atoms with Gasteiger partial charge in [0.05, 0.1) is 13.2 Å². The van der Waals surface area contributed by atoms with Crippen LogP contribution in [0, 0.1) is 13.8 Å². The summed E-state index contributed by atoms with van der Waals surface area (Å²) in [6.45, 7) is 8.87. The van der Waals surface area contributed by atoms with Gasteiger partial charge in [-0.3, -0.25) is 0 Å². The lowest BCUT2D eigenvalue weighted by Gasteiger charge is -2.21. The Hall–Kier alpha value is -4.86. The van der Waals surface area contributed by atoms with Crippen molar-refractivity contribution < 1.29 is 28.7 Å². The first-order valence-corrected chi connectivity index (χ1v) is 27.9. The molecule has 0 bridgehead atoms. The molecule has 0 aliphatic heterocycles. The van der Waals surface area contributed by atoms with Crippen LogP contribution < -0.4 is 21.3 Å². The van der Waals surface area contributed by atoms with E-state index in [1.165, 1.54) is 141 Å². The molecule has 0 spiro atoms. The highest BCUT2D eigenvalue weighted by molar-refractivity contribution is 5.97. The largest absolute Gasteiger partial charge is 0.464 e. The molecule has 70 heavy (non-hydrogen) atoms. The summed E-state index contributed by atoms with van der Waals surface area (Å²) in [5.41, 5.74) is 4.26. The summed E-state index contributed by atoms with van der Waals surface area (Å²) in [4.78, 5) is 54.0. The van der Waals surface area contributed by atoms with Crippen LogP contribution in [0.25, 0.3) is 0 Å². The van der Waals surface area contributed by atoms with E-state index in [9.17, 15) is 19.2 Å². The number of hydrogen-bond donors (Lipinski definition) is 4. The molecule has 0 saturated heterocycles. The summed E-state index contributed by atoms with van der Waals surface area (Å²) in [6.07, 6.45) is 35.5. The highest BCUT2D eigenvalue weighted by Gasteiger charge is 2.25. The van der Waals surface area contributed by atoms with Crippen LogP contribution in [0.15, 0.2) is 72.8 Å². The second kappa shape index (κ2) is 38.8. The first-order valence-electron chi connectivity index (χ1n) is 27.9. The molecule has 390 valence electrons. The zero-order valence-corrected chi connectivity index (χ0v) is 44.2. The van der Waals surface area contributed by atoms with Crippen molar-refractivity contribution in [3.8, 4) is 0 Å². The first kappa shape index (κ1) is 59.4. The number of hydrogen-bond acceptors (Lipinski definition) is 6. The van der Waals surface area contributed by atoms with Gasteiger partial charge in [-0.1, -0.05) is 248 Å². The molecule has 2 unspecified atom stereocenters. The summed E-state index contributed by atoms with van der Waals surface area (Å²) in [6, 6.07) is 19.7. The van der Waals surface area contributed by atoms with E-state index >= 15 is 0 Å². The van der Waals surface area contributed by atoms with E-state index in [-0.39, 0.29) is 12.8 Å². The lowest BCUT2D eigenvalue weighted by atomic mass is 10.0. The summed E-state index contributed by atoms with van der Waals surface area (Å²) < 4.78 is 11.4. The predicted molar refractivity (Wildman–Crippen MR) is 291 cm³/mol. The van der Waals surface area contributed by atoms with Gasteiger partial charge in [0.1, 0.15) is 12.1 Å². The number of nitrogens with one attached hydrogen (secondary N) is 4. The van der Waals surface area contributed by atoms with Crippen LogP contribution in [-0.4, -0.2) is 49.3 Å². The van der Waals surface area contributed by atoms with Gasteiger partial charge in [0.25, 0.3) is 0 Å². The molecule has 10 heteroatoms. The third kappa shape index (κ3) is 28.1. The summed E-state index contributed by atoms with van der Waals surface area (Å²) >= 11 is 0. The average Bonchev–Trinajstić information content (AvgIpc) is 3.35. The van der Waals surface area contributed by atoms with Gasteiger partial charge in [-0.25, -0.2) is 19.2 Å². The number of aryl methyl sites for hydroxylation is 2. The number of benzene rings is 3. The molecule has 0 saturated carbocycles. The molecular weight excluding hydrogens is 873 g/mol. The quantitative estimate of drug-likeness (QED) is 0.0331. The fourth-order valence-electron chi connectivity index (χ4n) is 8.98. The number of carbonyl (C=O) groups excluding carboxylic acids is 4. The second-order valence-electron chi connectivity index (χ2n) is 19.7. The molecule has 0 aliphatic rings. The number of anilines is 2. The Bertz CT molecular complexity index is 1710. The lowest BCUT2D eigenvalue weighted by Crippen LogP contribution is -2.45. The number of unbranched alkanes of at least 4 members (excludes halogenated alkanes) is 26. The van der Waals surface area contributed by atoms with Gasteiger partial charge < -0.3 is 30.7 Å². The van der Waals surface area contributed by atoms with E-state index in [2.05, 4.69) is 35.1 Å². The zero-order chi connectivity index (χ0) is 50.3. The van der Waals surface area contributed by atoms with Gasteiger partial charge in [0.15, 0.2) is 0 Å². The minimum absolute atomic E-state index is 0.276. The fourth-order valence-corrected chi connectivity index (χ4v) is 8.98. The first-order chi connectivity index (χ1) is 34.2. The van der Waals surface area contributed by atoms with Gasteiger partial charge in [0.2, 0.25) is 0 Å². The van der Waals surface area contributed by atoms with Crippen molar-refractivity contribution in [2.45, 2.75) is 232 Å². The second-order valence-corrected chi connectivity index (χ2v) is 19.7. The SMILES string of the molecule is CCCCCCCCCCCCCCCCOC(=O)C(Cc1ccccc1)NC(=O)Nc1cc(NC(=O)NC(Cc2ccccc2)C(=O)OCCCCCCCCCCCCCCCC)c(C)cc1C. The molecule has 0 heterocycles. The Morgan fingerprint density at radius 3 is 0.986 bits per heavy atom. The molecule has 4 N–H and O–H groups in total. The maximum Gasteiger partial charge on any atom is 0.329 e. The highest BCUT2D eigenvalue weighted by atomic mass is 16.5. The van der Waals surface area contributed by atoms with Crippen molar-refractivity contribution in [3.63, 3.8) is 0 Å². The predicted octanol–water partition coefficient (Wildman–Crippen LogP) is 15.8. The van der Waals surface area contributed by atoms with Gasteiger partial charge in [-0.05, 0) is 55.0 Å². The van der Waals surface area contributed by atoms with Gasteiger partial charge >= 0.3 is 24.0 Å². The van der Waals surface area contributed by atoms with Crippen LogP contribution >= 0.6 is 0 Å². The molecule has 0 fully saturated rings. The van der Waals surface area contributed by atoms with Crippen LogP contribution in [0.2, 0.25) is 0 Å². The van der Waals surface area contributed by atoms with E-state index in [1.54, 1.807) is 6.07 Å². The van der Waals surface area contributed by atoms with E-state index in [1.807, 2.05) is 80.6 Å². The summed E-state index contributed by atoms with van der Waals surface area (Å²) in [7, 11) is 0. The standard InChI is InChI=1S/C60H94N4O6/c1-5-7-9-11-13-15-17-19-21-23-25-27-29-37-43-69-57(65)55(46-51-39-33-31-34-40-51)63-59(67)61-53-48-54(50(4)45-49(53)3)62-60(68)64-56(47-52-41-35-32-36-42-52)58(66)70-44-38-30-28-26-24-22-20-18-16-14-12-10-8-6-2/h31-36,39-42,45,48,55-56H,5-30,37-38,43-44,46-47H2,1-4H3,(H2,61,63,67)(H2,62,64,68). The monoisotopic (exact) mass is 967 g/mol. The molecule has 3 aromatic rings. The molecule has 3 aromatic carbocycles. The Labute approximate surface area is 424 Å². The van der Waals surface area contributed by atoms with Gasteiger partial charge in [-0.2, -0.15) is 0 Å². The van der Waals surface area contributed by atoms with Crippen molar-refractivity contribution in [2.75, 3.05) is 23.8 Å².